The van der Waals surface area contributed by atoms with Crippen molar-refractivity contribution in [2.45, 2.75) is 18.5 Å². The third-order valence-corrected chi connectivity index (χ3v) is 7.57. The number of amides is 2. The molecule has 1 N–H and O–H groups in total. The van der Waals surface area contributed by atoms with Gasteiger partial charge in [-0.1, -0.05) is 36.4 Å². The second-order valence-corrected chi connectivity index (χ2v) is 9.44. The number of piperazine rings is 1. The van der Waals surface area contributed by atoms with Gasteiger partial charge in [-0.15, -0.1) is 0 Å². The van der Waals surface area contributed by atoms with Gasteiger partial charge in [0.05, 0.1) is 26.9 Å². The number of benzene rings is 2. The Bertz CT molecular complexity index is 1270. The average Bonchev–Trinajstić information content (AvgIpc) is 3.28. The number of para-hydroxylation sites is 2. The van der Waals surface area contributed by atoms with E-state index >= 15 is 0 Å². The quantitative estimate of drug-likeness (QED) is 0.614. The Morgan fingerprint density at radius 3 is 2.63 bits per heavy atom. The number of nitrogens with one attached hydrogen (secondary N) is 1. The van der Waals surface area contributed by atoms with Crippen molar-refractivity contribution in [3.63, 3.8) is 0 Å². The maximum absolute atomic E-state index is 13.8. The number of methoxy groups -OCH3 is 1. The molecule has 2 amide bonds. The summed E-state index contributed by atoms with van der Waals surface area (Å²) in [6, 6.07) is 15.0. The largest absolute Gasteiger partial charge is 0.496 e. The summed E-state index contributed by atoms with van der Waals surface area (Å²) in [6.45, 7) is 4.56. The summed E-state index contributed by atoms with van der Waals surface area (Å²) in [6.07, 6.45) is 0.504. The molecule has 0 spiro atoms. The lowest BCUT2D eigenvalue weighted by Crippen LogP contribution is -2.63. The van der Waals surface area contributed by atoms with Gasteiger partial charge in [-0.2, -0.15) is 0 Å². The first-order valence-electron chi connectivity index (χ1n) is 12.3. The van der Waals surface area contributed by atoms with Crippen molar-refractivity contribution in [2.24, 2.45) is 0 Å². The van der Waals surface area contributed by atoms with Crippen molar-refractivity contribution < 1.29 is 19.1 Å². The number of carbonyl (C=O) groups is 2. The Balaban J connectivity index is 1.39. The Hall–Kier alpha value is -3.36. The van der Waals surface area contributed by atoms with Crippen LogP contribution in [0.25, 0.3) is 10.9 Å². The van der Waals surface area contributed by atoms with Crippen LogP contribution in [0.3, 0.4) is 0 Å². The van der Waals surface area contributed by atoms with Crippen molar-refractivity contribution in [3.05, 3.63) is 65.4 Å². The summed E-state index contributed by atoms with van der Waals surface area (Å²) >= 11 is 0. The van der Waals surface area contributed by atoms with Crippen molar-refractivity contribution >= 4 is 22.7 Å². The standard InChI is InChI=1S/C27H30N4O4/c1-34-23-9-5-3-7-19(23)26-25-20(18-6-2-4-8-21(18)28-25)16-22-27(33)30(17-24(32)31(22)26)11-10-29-12-14-35-15-13-29/h2-9,22,26,28H,10-17H2,1H3/t22-,26-/m0/s1. The molecule has 0 saturated carbocycles. The Morgan fingerprint density at radius 1 is 1.03 bits per heavy atom. The summed E-state index contributed by atoms with van der Waals surface area (Å²) in [5, 5.41) is 1.10. The lowest BCUT2D eigenvalue weighted by molar-refractivity contribution is -0.159. The van der Waals surface area contributed by atoms with Gasteiger partial charge in [-0.3, -0.25) is 14.5 Å². The molecule has 0 bridgehead atoms. The molecule has 6 rings (SSSR count). The number of ether oxygens (including phenoxy) is 2. The van der Waals surface area contributed by atoms with Crippen molar-refractivity contribution in [1.82, 2.24) is 19.7 Å². The van der Waals surface area contributed by atoms with Crippen molar-refractivity contribution in [1.29, 1.82) is 0 Å². The van der Waals surface area contributed by atoms with E-state index in [0.717, 1.165) is 47.4 Å². The van der Waals surface area contributed by atoms with Crippen LogP contribution in [0.4, 0.5) is 0 Å². The van der Waals surface area contributed by atoms with Crippen LogP contribution in [-0.2, 0) is 20.7 Å². The van der Waals surface area contributed by atoms with E-state index in [4.69, 9.17) is 9.47 Å². The van der Waals surface area contributed by atoms with Gasteiger partial charge in [-0.05, 0) is 17.7 Å². The highest BCUT2D eigenvalue weighted by Crippen LogP contribution is 2.44. The summed E-state index contributed by atoms with van der Waals surface area (Å²) in [5.74, 6) is 0.697. The third-order valence-electron chi connectivity index (χ3n) is 7.57. The lowest BCUT2D eigenvalue weighted by Gasteiger charge is -2.47. The van der Waals surface area contributed by atoms with Gasteiger partial charge in [0.2, 0.25) is 11.8 Å². The molecule has 3 aliphatic heterocycles. The molecule has 3 aromatic rings. The fourth-order valence-electron chi connectivity index (χ4n) is 5.82. The molecule has 4 heterocycles. The minimum absolute atomic E-state index is 0.0219. The van der Waals surface area contributed by atoms with Gasteiger partial charge in [0.1, 0.15) is 17.8 Å². The highest BCUT2D eigenvalue weighted by molar-refractivity contribution is 5.97. The summed E-state index contributed by atoms with van der Waals surface area (Å²) in [4.78, 5) is 36.9. The third kappa shape index (κ3) is 3.77. The van der Waals surface area contributed by atoms with Crippen LogP contribution >= 0.6 is 0 Å². The number of H-pyrrole nitrogens is 1. The summed E-state index contributed by atoms with van der Waals surface area (Å²) < 4.78 is 11.1. The van der Waals surface area contributed by atoms with Gasteiger partial charge in [-0.25, -0.2) is 0 Å². The molecule has 2 aromatic carbocycles. The molecule has 3 aliphatic rings. The minimum Gasteiger partial charge on any atom is -0.496 e. The highest BCUT2D eigenvalue weighted by Gasteiger charge is 2.48. The molecular weight excluding hydrogens is 444 g/mol. The van der Waals surface area contributed by atoms with Crippen LogP contribution in [0.1, 0.15) is 22.9 Å². The molecule has 2 fully saturated rings. The van der Waals surface area contributed by atoms with Crippen LogP contribution < -0.4 is 4.74 Å². The SMILES string of the molecule is COc1ccccc1[C@H]1c2[nH]c3ccccc3c2C[C@H]2C(=O)N(CCN3CCOCC3)CC(=O)N12. The molecule has 2 atom stereocenters. The van der Waals surface area contributed by atoms with E-state index in [0.29, 0.717) is 31.9 Å². The van der Waals surface area contributed by atoms with E-state index in [1.54, 1.807) is 16.9 Å². The molecule has 8 heteroatoms. The van der Waals surface area contributed by atoms with Gasteiger partial charge in [0, 0.05) is 54.8 Å². The molecule has 8 nitrogen and oxygen atoms in total. The molecule has 0 aliphatic carbocycles. The predicted octanol–water partition coefficient (Wildman–Crippen LogP) is 2.19. The summed E-state index contributed by atoms with van der Waals surface area (Å²) in [7, 11) is 1.64. The van der Waals surface area contributed by atoms with Crippen molar-refractivity contribution in [2.75, 3.05) is 53.0 Å². The van der Waals surface area contributed by atoms with Gasteiger partial charge in [0.25, 0.3) is 0 Å². The molecule has 0 radical (unpaired) electrons. The predicted molar refractivity (Wildman–Crippen MR) is 131 cm³/mol. The highest BCUT2D eigenvalue weighted by atomic mass is 16.5. The second-order valence-electron chi connectivity index (χ2n) is 9.44. The lowest BCUT2D eigenvalue weighted by atomic mass is 9.86. The zero-order chi connectivity index (χ0) is 23.9. The fourth-order valence-corrected chi connectivity index (χ4v) is 5.82. The fraction of sp³-hybridized carbons (Fsp3) is 0.407. The zero-order valence-electron chi connectivity index (χ0n) is 19.9. The maximum atomic E-state index is 13.8. The first-order chi connectivity index (χ1) is 17.2. The molecule has 1 aromatic heterocycles. The number of rotatable bonds is 5. The number of hydrogen-bond donors (Lipinski definition) is 1. The van der Waals surface area contributed by atoms with Crippen LogP contribution in [0.5, 0.6) is 5.75 Å². The minimum atomic E-state index is -0.539. The maximum Gasteiger partial charge on any atom is 0.246 e. The Labute approximate surface area is 204 Å². The van der Waals surface area contributed by atoms with E-state index in [-0.39, 0.29) is 18.4 Å². The number of aromatic amines is 1. The van der Waals surface area contributed by atoms with E-state index in [1.165, 1.54) is 0 Å². The van der Waals surface area contributed by atoms with Crippen molar-refractivity contribution in [3.8, 4) is 5.75 Å². The van der Waals surface area contributed by atoms with Crippen LogP contribution in [0, 0.1) is 0 Å². The zero-order valence-corrected chi connectivity index (χ0v) is 19.9. The molecule has 35 heavy (non-hydrogen) atoms. The Kier molecular flexibility index (Phi) is 5.70. The number of hydrogen-bond acceptors (Lipinski definition) is 5. The second kappa shape index (κ2) is 9.02. The van der Waals surface area contributed by atoms with Crippen LogP contribution in [0.2, 0.25) is 0 Å². The molecule has 2 saturated heterocycles. The topological polar surface area (TPSA) is 78.1 Å². The normalized spacial score (nSPS) is 22.9. The number of fused-ring (bicyclic) bond motifs is 4. The van der Waals surface area contributed by atoms with E-state index in [2.05, 4.69) is 16.0 Å². The van der Waals surface area contributed by atoms with E-state index in [9.17, 15) is 9.59 Å². The smallest absolute Gasteiger partial charge is 0.246 e. The number of morpholine rings is 1. The van der Waals surface area contributed by atoms with E-state index < -0.39 is 12.1 Å². The van der Waals surface area contributed by atoms with Gasteiger partial charge in [0.15, 0.2) is 0 Å². The summed E-state index contributed by atoms with van der Waals surface area (Å²) in [5.41, 5.74) is 3.97. The molecular formula is C27H30N4O4. The Morgan fingerprint density at radius 2 is 1.80 bits per heavy atom. The monoisotopic (exact) mass is 474 g/mol. The van der Waals surface area contributed by atoms with Gasteiger partial charge >= 0.3 is 0 Å². The molecule has 0 unspecified atom stereocenters. The number of nitrogens with zero attached hydrogens (tertiary/aromatic N) is 3. The average molecular weight is 475 g/mol. The van der Waals surface area contributed by atoms with Crippen LogP contribution in [-0.4, -0.2) is 90.6 Å². The molecule has 182 valence electrons. The first-order valence-corrected chi connectivity index (χ1v) is 12.3. The van der Waals surface area contributed by atoms with Gasteiger partial charge < -0.3 is 24.3 Å². The number of aromatic nitrogens is 1. The van der Waals surface area contributed by atoms with E-state index in [1.807, 2.05) is 42.5 Å². The first kappa shape index (κ1) is 22.1. The number of carbonyl (C=O) groups excluding carboxylic acids is 2. The van der Waals surface area contributed by atoms with Crippen LogP contribution in [0.15, 0.2) is 48.5 Å².